The van der Waals surface area contributed by atoms with E-state index in [-0.39, 0.29) is 21.9 Å². The van der Waals surface area contributed by atoms with Crippen LogP contribution in [0.15, 0.2) is 59.5 Å². The number of amides is 1. The second kappa shape index (κ2) is 9.98. The lowest BCUT2D eigenvalue weighted by Gasteiger charge is -2.15. The molecule has 12 heteroatoms. The monoisotopic (exact) mass is 517 g/mol. The topological polar surface area (TPSA) is 72.5 Å². The molecule has 1 amide bonds. The third kappa shape index (κ3) is 6.32. The Kier molecular flexibility index (Phi) is 7.44. The Morgan fingerprint density at radius 2 is 1.57 bits per heavy atom. The summed E-state index contributed by atoms with van der Waals surface area (Å²) >= 11 is 0. The van der Waals surface area contributed by atoms with Gasteiger partial charge in [-0.15, -0.1) is 13.2 Å². The number of alkyl halides is 3. The van der Waals surface area contributed by atoms with E-state index in [4.69, 9.17) is 0 Å². The lowest BCUT2D eigenvalue weighted by molar-refractivity contribution is -0.274. The number of sulfone groups is 1. The Labute approximate surface area is 196 Å². The number of hydrogen-bond donors (Lipinski definition) is 1. The number of ether oxygens (including phenoxy) is 1. The molecule has 0 aliphatic rings. The molecule has 5 nitrogen and oxygen atoms in total. The van der Waals surface area contributed by atoms with E-state index < -0.39 is 62.9 Å². The van der Waals surface area contributed by atoms with E-state index in [9.17, 15) is 39.6 Å². The molecule has 1 N–H and O–H groups in total. The number of benzene rings is 3. The fourth-order valence-corrected chi connectivity index (χ4v) is 4.09. The van der Waals surface area contributed by atoms with Gasteiger partial charge in [0, 0.05) is 11.3 Å². The Morgan fingerprint density at radius 1 is 0.943 bits per heavy atom. The Balaban J connectivity index is 1.82. The SMILES string of the molecule is CCS(=O)(=O)c1ccc(CC(=O)Nc2cc(F)c(-c3ccccc3OC(F)(F)F)c(F)c2)c(F)c1. The molecule has 0 saturated carbocycles. The molecule has 3 aromatic carbocycles. The second-order valence-electron chi connectivity index (χ2n) is 7.24. The molecule has 186 valence electrons. The van der Waals surface area contributed by atoms with E-state index >= 15 is 0 Å². The highest BCUT2D eigenvalue weighted by molar-refractivity contribution is 7.91. The van der Waals surface area contributed by atoms with Crippen molar-refractivity contribution in [3.63, 3.8) is 0 Å². The molecule has 0 spiro atoms. The molecule has 0 radical (unpaired) electrons. The zero-order valence-electron chi connectivity index (χ0n) is 17.9. The Bertz CT molecular complexity index is 1350. The fourth-order valence-electron chi connectivity index (χ4n) is 3.20. The number of carbonyl (C=O) groups is 1. The van der Waals surface area contributed by atoms with E-state index in [1.165, 1.54) is 19.1 Å². The lowest BCUT2D eigenvalue weighted by atomic mass is 10.0. The molecule has 0 atom stereocenters. The maximum Gasteiger partial charge on any atom is 0.573 e. The van der Waals surface area contributed by atoms with Crippen LogP contribution in [0.3, 0.4) is 0 Å². The van der Waals surface area contributed by atoms with Crippen molar-refractivity contribution in [2.45, 2.75) is 24.6 Å². The van der Waals surface area contributed by atoms with E-state index in [0.717, 1.165) is 30.3 Å². The highest BCUT2D eigenvalue weighted by atomic mass is 32.2. The number of anilines is 1. The molecule has 0 heterocycles. The highest BCUT2D eigenvalue weighted by Gasteiger charge is 2.33. The predicted molar refractivity (Wildman–Crippen MR) is 115 cm³/mol. The summed E-state index contributed by atoms with van der Waals surface area (Å²) in [5, 5.41) is 2.17. The van der Waals surface area contributed by atoms with E-state index in [0.29, 0.717) is 12.1 Å². The second-order valence-corrected chi connectivity index (χ2v) is 9.52. The number of rotatable bonds is 7. The van der Waals surface area contributed by atoms with Gasteiger partial charge in [-0.05, 0) is 35.9 Å². The summed E-state index contributed by atoms with van der Waals surface area (Å²) in [6.45, 7) is 1.39. The van der Waals surface area contributed by atoms with Gasteiger partial charge in [-0.3, -0.25) is 4.79 Å². The van der Waals surface area contributed by atoms with Crippen molar-refractivity contribution in [1.29, 1.82) is 0 Å². The first-order valence-corrected chi connectivity index (χ1v) is 11.6. The summed E-state index contributed by atoms with van der Waals surface area (Å²) in [5.41, 5.74) is -1.83. The van der Waals surface area contributed by atoms with Crippen LogP contribution in [0.4, 0.5) is 32.0 Å². The van der Waals surface area contributed by atoms with Crippen LogP contribution in [-0.4, -0.2) is 26.4 Å². The first-order valence-electron chi connectivity index (χ1n) is 9.96. The van der Waals surface area contributed by atoms with Gasteiger partial charge in [0.1, 0.15) is 23.2 Å². The van der Waals surface area contributed by atoms with Gasteiger partial charge in [-0.2, -0.15) is 0 Å². The van der Waals surface area contributed by atoms with Crippen LogP contribution in [0.2, 0.25) is 0 Å². The van der Waals surface area contributed by atoms with Crippen LogP contribution in [0.25, 0.3) is 11.1 Å². The van der Waals surface area contributed by atoms with Gasteiger partial charge < -0.3 is 10.1 Å². The van der Waals surface area contributed by atoms with Crippen LogP contribution in [0, 0.1) is 17.5 Å². The van der Waals surface area contributed by atoms with Crippen LogP contribution in [0.1, 0.15) is 12.5 Å². The smallest absolute Gasteiger partial charge is 0.405 e. The molecule has 0 bridgehead atoms. The van der Waals surface area contributed by atoms with E-state index in [1.54, 1.807) is 0 Å². The lowest BCUT2D eigenvalue weighted by Crippen LogP contribution is -2.18. The van der Waals surface area contributed by atoms with Gasteiger partial charge in [0.2, 0.25) is 5.91 Å². The molecule has 0 aromatic heterocycles. The summed E-state index contributed by atoms with van der Waals surface area (Å²) in [6, 6.07) is 8.78. The minimum atomic E-state index is -5.09. The number of para-hydroxylation sites is 1. The largest absolute Gasteiger partial charge is 0.573 e. The third-order valence-electron chi connectivity index (χ3n) is 4.82. The molecular formula is C23H17F6NO4S. The van der Waals surface area contributed by atoms with Gasteiger partial charge in [-0.25, -0.2) is 21.6 Å². The zero-order chi connectivity index (χ0) is 26.0. The van der Waals surface area contributed by atoms with Crippen LogP contribution in [-0.2, 0) is 21.1 Å². The first kappa shape index (κ1) is 26.1. The summed E-state index contributed by atoms with van der Waals surface area (Å²) in [5.74, 6) is -5.45. The maximum absolute atomic E-state index is 14.7. The summed E-state index contributed by atoms with van der Waals surface area (Å²) < 4.78 is 109. The van der Waals surface area contributed by atoms with Crippen LogP contribution in [0.5, 0.6) is 5.75 Å². The summed E-state index contributed by atoms with van der Waals surface area (Å²) in [7, 11) is -3.66. The van der Waals surface area contributed by atoms with Gasteiger partial charge in [0.05, 0.1) is 22.6 Å². The van der Waals surface area contributed by atoms with Crippen molar-refractivity contribution in [1.82, 2.24) is 0 Å². The van der Waals surface area contributed by atoms with Gasteiger partial charge in [-0.1, -0.05) is 31.2 Å². The molecule has 0 aliphatic heterocycles. The van der Waals surface area contributed by atoms with Crippen molar-refractivity contribution >= 4 is 21.4 Å². The van der Waals surface area contributed by atoms with Gasteiger partial charge in [0.15, 0.2) is 9.84 Å². The molecule has 3 rings (SSSR count). The number of halogens is 6. The van der Waals surface area contributed by atoms with Crippen LogP contribution < -0.4 is 10.1 Å². The van der Waals surface area contributed by atoms with Crippen molar-refractivity contribution in [3.8, 4) is 16.9 Å². The number of carbonyl (C=O) groups excluding carboxylic acids is 1. The predicted octanol–water partition coefficient (Wildman–Crippen LogP) is 5.64. The highest BCUT2D eigenvalue weighted by Crippen LogP contribution is 2.37. The molecule has 3 aromatic rings. The normalized spacial score (nSPS) is 11.9. The fraction of sp³-hybridized carbons (Fsp3) is 0.174. The average molecular weight is 517 g/mol. The summed E-state index contributed by atoms with van der Waals surface area (Å²) in [6.07, 6.45) is -5.67. The molecule has 0 saturated heterocycles. The first-order chi connectivity index (χ1) is 16.3. The number of hydrogen-bond acceptors (Lipinski definition) is 4. The zero-order valence-corrected chi connectivity index (χ0v) is 18.7. The molecular weight excluding hydrogens is 500 g/mol. The molecule has 0 aliphatic carbocycles. The number of nitrogens with one attached hydrogen (secondary N) is 1. The minimum Gasteiger partial charge on any atom is -0.405 e. The van der Waals surface area contributed by atoms with Crippen molar-refractivity contribution in [2.24, 2.45) is 0 Å². The molecule has 0 fully saturated rings. The van der Waals surface area contributed by atoms with E-state index in [1.807, 2.05) is 0 Å². The maximum atomic E-state index is 14.7. The molecule has 0 unspecified atom stereocenters. The molecule has 35 heavy (non-hydrogen) atoms. The third-order valence-corrected chi connectivity index (χ3v) is 6.55. The van der Waals surface area contributed by atoms with Crippen molar-refractivity contribution in [2.75, 3.05) is 11.1 Å². The van der Waals surface area contributed by atoms with Crippen LogP contribution >= 0.6 is 0 Å². The quantitative estimate of drug-likeness (QED) is 0.412. The van der Waals surface area contributed by atoms with Crippen molar-refractivity contribution < 1.29 is 44.3 Å². The minimum absolute atomic E-state index is 0.159. The van der Waals surface area contributed by atoms with E-state index in [2.05, 4.69) is 10.1 Å². The summed E-state index contributed by atoms with van der Waals surface area (Å²) in [4.78, 5) is 12.0. The van der Waals surface area contributed by atoms with Gasteiger partial charge in [0.25, 0.3) is 0 Å². The Hall–Kier alpha value is -3.54. The average Bonchev–Trinajstić information content (AvgIpc) is 2.74. The Morgan fingerprint density at radius 3 is 2.14 bits per heavy atom. The van der Waals surface area contributed by atoms with Crippen molar-refractivity contribution in [3.05, 3.63) is 77.6 Å². The van der Waals surface area contributed by atoms with Gasteiger partial charge >= 0.3 is 6.36 Å². The standard InChI is InChI=1S/C23H17F6NO4S/c1-2-35(32,33)15-8-7-13(17(24)12-15)9-21(31)30-14-10-18(25)22(19(26)11-14)16-5-3-4-6-20(16)34-23(27,28)29/h3-8,10-12H,2,9H2,1H3,(H,30,31).